The molecule has 0 N–H and O–H groups in total. The van der Waals surface area contributed by atoms with Crippen LogP contribution in [0.1, 0.15) is 32.6 Å². The third-order valence-corrected chi connectivity index (χ3v) is 3.63. The van der Waals surface area contributed by atoms with E-state index in [1.54, 1.807) is 0 Å². The van der Waals surface area contributed by atoms with Crippen LogP contribution in [0, 0.1) is 0 Å². The highest BCUT2D eigenvalue weighted by molar-refractivity contribution is 9.09. The van der Waals surface area contributed by atoms with Crippen molar-refractivity contribution in [2.45, 2.75) is 37.4 Å². The van der Waals surface area contributed by atoms with E-state index in [4.69, 9.17) is 4.74 Å². The van der Waals surface area contributed by atoms with E-state index in [1.807, 2.05) is 0 Å². The van der Waals surface area contributed by atoms with Gasteiger partial charge >= 0.3 is 0 Å². The maximum absolute atomic E-state index is 5.55. The second-order valence-electron chi connectivity index (χ2n) is 3.98. The van der Waals surface area contributed by atoms with Gasteiger partial charge in [-0.3, -0.25) is 0 Å². The number of halogens is 1. The summed E-state index contributed by atoms with van der Waals surface area (Å²) in [6.45, 7) is 7.62. The highest BCUT2D eigenvalue weighted by Gasteiger charge is 2.15. The zero-order valence-corrected chi connectivity index (χ0v) is 10.8. The van der Waals surface area contributed by atoms with E-state index in [2.05, 4.69) is 27.8 Å². The average molecular weight is 264 g/mol. The Bertz CT molecular complexity index is 135. The number of hydrogen-bond donors (Lipinski definition) is 0. The molecular formula is C11H22BrNO. The summed E-state index contributed by atoms with van der Waals surface area (Å²) in [4.78, 5) is 3.25. The Kier molecular flexibility index (Phi) is 6.82. The number of piperidine rings is 1. The SMILES string of the molecule is CCCCOCCN1CCC(Br)CC1. The number of hydrogen-bond acceptors (Lipinski definition) is 2. The summed E-state index contributed by atoms with van der Waals surface area (Å²) in [6, 6.07) is 0. The number of ether oxygens (including phenoxy) is 1. The van der Waals surface area contributed by atoms with E-state index in [0.29, 0.717) is 0 Å². The monoisotopic (exact) mass is 263 g/mol. The normalized spacial score (nSPS) is 20.1. The molecular weight excluding hydrogens is 242 g/mol. The molecule has 1 rings (SSSR count). The Morgan fingerprint density at radius 3 is 2.64 bits per heavy atom. The number of rotatable bonds is 6. The Morgan fingerprint density at radius 2 is 2.00 bits per heavy atom. The number of nitrogens with zero attached hydrogens (tertiary/aromatic N) is 1. The predicted molar refractivity (Wildman–Crippen MR) is 64.1 cm³/mol. The standard InChI is InChI=1S/C11H22BrNO/c1-2-3-9-14-10-8-13-6-4-11(12)5-7-13/h11H,2-10H2,1H3. The molecule has 1 aliphatic rings. The summed E-state index contributed by atoms with van der Waals surface area (Å²) in [7, 11) is 0. The van der Waals surface area contributed by atoms with Gasteiger partial charge in [0.25, 0.3) is 0 Å². The lowest BCUT2D eigenvalue weighted by Gasteiger charge is -2.29. The molecule has 0 atom stereocenters. The summed E-state index contributed by atoms with van der Waals surface area (Å²) in [5, 5.41) is 0. The Labute approximate surface area is 96.1 Å². The zero-order valence-electron chi connectivity index (χ0n) is 9.17. The van der Waals surface area contributed by atoms with Crippen molar-refractivity contribution in [3.63, 3.8) is 0 Å². The fourth-order valence-electron chi connectivity index (χ4n) is 1.67. The van der Waals surface area contributed by atoms with Gasteiger partial charge in [-0.2, -0.15) is 0 Å². The number of unbranched alkanes of at least 4 members (excludes halogenated alkanes) is 1. The largest absolute Gasteiger partial charge is 0.380 e. The maximum atomic E-state index is 5.55. The van der Waals surface area contributed by atoms with Crippen molar-refractivity contribution in [2.24, 2.45) is 0 Å². The highest BCUT2D eigenvalue weighted by atomic mass is 79.9. The van der Waals surface area contributed by atoms with E-state index < -0.39 is 0 Å². The third kappa shape index (κ3) is 5.32. The molecule has 1 fully saturated rings. The van der Waals surface area contributed by atoms with E-state index in [0.717, 1.165) is 24.6 Å². The van der Waals surface area contributed by atoms with Gasteiger partial charge in [-0.05, 0) is 32.4 Å². The summed E-state index contributed by atoms with van der Waals surface area (Å²) in [5.41, 5.74) is 0. The van der Waals surface area contributed by atoms with Crippen molar-refractivity contribution in [3.05, 3.63) is 0 Å². The van der Waals surface area contributed by atoms with E-state index in [1.165, 1.54) is 38.8 Å². The van der Waals surface area contributed by atoms with Crippen molar-refractivity contribution in [3.8, 4) is 0 Å². The Hall–Kier alpha value is 0.400. The topological polar surface area (TPSA) is 12.5 Å². The quantitative estimate of drug-likeness (QED) is 0.540. The van der Waals surface area contributed by atoms with Gasteiger partial charge in [-0.15, -0.1) is 0 Å². The van der Waals surface area contributed by atoms with Crippen LogP contribution in [0.4, 0.5) is 0 Å². The van der Waals surface area contributed by atoms with E-state index >= 15 is 0 Å². The molecule has 0 aliphatic carbocycles. The van der Waals surface area contributed by atoms with Gasteiger partial charge in [0.1, 0.15) is 0 Å². The van der Waals surface area contributed by atoms with Crippen LogP contribution in [0.25, 0.3) is 0 Å². The first kappa shape index (κ1) is 12.5. The molecule has 0 radical (unpaired) electrons. The van der Waals surface area contributed by atoms with Crippen LogP contribution >= 0.6 is 15.9 Å². The predicted octanol–water partition coefficient (Wildman–Crippen LogP) is 2.66. The van der Waals surface area contributed by atoms with Crippen molar-refractivity contribution in [1.29, 1.82) is 0 Å². The van der Waals surface area contributed by atoms with Crippen LogP contribution in [0.2, 0.25) is 0 Å². The smallest absolute Gasteiger partial charge is 0.0593 e. The molecule has 0 amide bonds. The van der Waals surface area contributed by atoms with Crippen LogP contribution in [-0.4, -0.2) is 42.6 Å². The maximum Gasteiger partial charge on any atom is 0.0593 e. The lowest BCUT2D eigenvalue weighted by Crippen LogP contribution is -2.36. The van der Waals surface area contributed by atoms with Gasteiger partial charge in [0.15, 0.2) is 0 Å². The van der Waals surface area contributed by atoms with Crippen LogP contribution < -0.4 is 0 Å². The van der Waals surface area contributed by atoms with Gasteiger partial charge in [0.2, 0.25) is 0 Å². The molecule has 0 saturated carbocycles. The molecule has 0 unspecified atom stereocenters. The average Bonchev–Trinajstić information content (AvgIpc) is 2.21. The first-order valence-corrected chi connectivity index (χ1v) is 6.68. The molecule has 84 valence electrons. The van der Waals surface area contributed by atoms with Crippen LogP contribution in [0.5, 0.6) is 0 Å². The molecule has 0 aromatic carbocycles. The minimum absolute atomic E-state index is 0.750. The highest BCUT2D eigenvalue weighted by Crippen LogP contribution is 2.16. The molecule has 1 aliphatic heterocycles. The summed E-state index contributed by atoms with van der Waals surface area (Å²) >= 11 is 3.66. The van der Waals surface area contributed by atoms with Crippen LogP contribution in [0.3, 0.4) is 0 Å². The van der Waals surface area contributed by atoms with E-state index in [-0.39, 0.29) is 0 Å². The fourth-order valence-corrected chi connectivity index (χ4v) is 2.08. The van der Waals surface area contributed by atoms with Crippen molar-refractivity contribution in [2.75, 3.05) is 32.8 Å². The molecule has 0 aromatic heterocycles. The van der Waals surface area contributed by atoms with Gasteiger partial charge in [-0.25, -0.2) is 0 Å². The number of alkyl halides is 1. The summed E-state index contributed by atoms with van der Waals surface area (Å²) < 4.78 is 5.55. The molecule has 1 heterocycles. The Balaban J connectivity index is 1.91. The van der Waals surface area contributed by atoms with Gasteiger partial charge in [0, 0.05) is 18.0 Å². The van der Waals surface area contributed by atoms with Gasteiger partial charge in [-0.1, -0.05) is 29.3 Å². The summed E-state index contributed by atoms with van der Waals surface area (Å²) in [5.74, 6) is 0. The van der Waals surface area contributed by atoms with Crippen LogP contribution in [0.15, 0.2) is 0 Å². The molecule has 2 nitrogen and oxygen atoms in total. The number of likely N-dealkylation sites (tertiary alicyclic amines) is 1. The molecule has 14 heavy (non-hydrogen) atoms. The minimum atomic E-state index is 0.750. The Morgan fingerprint density at radius 1 is 1.29 bits per heavy atom. The minimum Gasteiger partial charge on any atom is -0.380 e. The van der Waals surface area contributed by atoms with Crippen LogP contribution in [-0.2, 0) is 4.74 Å². The van der Waals surface area contributed by atoms with Crippen molar-refractivity contribution < 1.29 is 4.74 Å². The molecule has 3 heteroatoms. The summed E-state index contributed by atoms with van der Waals surface area (Å²) in [6.07, 6.45) is 5.00. The van der Waals surface area contributed by atoms with Gasteiger partial charge < -0.3 is 9.64 Å². The molecule has 1 saturated heterocycles. The molecule has 0 spiro atoms. The first-order chi connectivity index (χ1) is 6.83. The van der Waals surface area contributed by atoms with Gasteiger partial charge in [0.05, 0.1) is 6.61 Å². The first-order valence-electron chi connectivity index (χ1n) is 5.77. The second kappa shape index (κ2) is 7.66. The molecule has 0 bridgehead atoms. The van der Waals surface area contributed by atoms with Crippen molar-refractivity contribution in [1.82, 2.24) is 4.90 Å². The molecule has 0 aromatic rings. The zero-order chi connectivity index (χ0) is 10.2. The fraction of sp³-hybridized carbons (Fsp3) is 1.00. The van der Waals surface area contributed by atoms with E-state index in [9.17, 15) is 0 Å². The lowest BCUT2D eigenvalue weighted by atomic mass is 10.1. The lowest BCUT2D eigenvalue weighted by molar-refractivity contribution is 0.0955. The third-order valence-electron chi connectivity index (χ3n) is 2.71. The second-order valence-corrected chi connectivity index (χ2v) is 5.28. The van der Waals surface area contributed by atoms with Crippen molar-refractivity contribution >= 4 is 15.9 Å².